The van der Waals surface area contributed by atoms with Crippen molar-refractivity contribution in [1.29, 1.82) is 0 Å². The SMILES string of the molecule is CC(=O)O[C@H]1CC[C@@]2(C)C(=CC[C@H]3[C@@H]4C[C@H](OC(C)=O)[C@H]([C@H](C)C5=NC[C@H](C)CC5)[C@@]4(C)CC[C@@H]32)C1. The first-order valence-corrected chi connectivity index (χ1v) is 14.6. The summed E-state index contributed by atoms with van der Waals surface area (Å²) in [4.78, 5) is 28.8. The first-order chi connectivity index (χ1) is 17.0. The normalized spacial score (nSPS) is 44.8. The van der Waals surface area contributed by atoms with E-state index in [2.05, 4.69) is 33.8 Å². The standard InChI is InChI=1S/C31H47NO4/c1-18-7-10-27(32-17-18)19(2)29-28(36-21(4)34)16-26-24-9-8-22-15-23(35-20(3)33)11-13-30(22,5)25(24)12-14-31(26,29)6/h8,18-19,23-26,28-29H,7,9-17H2,1-6H3/t18-,19-,23+,24-,25+,26+,28+,29+,30+,31+/m1/s1. The highest BCUT2D eigenvalue weighted by atomic mass is 16.5. The van der Waals surface area contributed by atoms with Gasteiger partial charge in [0.2, 0.25) is 0 Å². The van der Waals surface area contributed by atoms with Crippen LogP contribution in [0.3, 0.4) is 0 Å². The zero-order chi connectivity index (χ0) is 25.8. The Kier molecular flexibility index (Phi) is 6.91. The second-order valence-corrected chi connectivity index (χ2v) is 13.5. The lowest BCUT2D eigenvalue weighted by atomic mass is 9.47. The lowest BCUT2D eigenvalue weighted by Crippen LogP contribution is -2.51. The van der Waals surface area contributed by atoms with E-state index in [0.29, 0.717) is 35.5 Å². The van der Waals surface area contributed by atoms with Crippen LogP contribution in [-0.2, 0) is 19.1 Å². The minimum absolute atomic E-state index is 0.00816. The van der Waals surface area contributed by atoms with Crippen molar-refractivity contribution in [2.75, 3.05) is 6.54 Å². The summed E-state index contributed by atoms with van der Waals surface area (Å²) in [5, 5.41) is 0. The van der Waals surface area contributed by atoms with Gasteiger partial charge in [0.25, 0.3) is 0 Å². The first kappa shape index (κ1) is 26.0. The van der Waals surface area contributed by atoms with Crippen molar-refractivity contribution in [2.45, 2.75) is 112 Å². The molecule has 3 fully saturated rings. The Labute approximate surface area is 217 Å². The second kappa shape index (κ2) is 9.58. The Morgan fingerprint density at radius 1 is 1.06 bits per heavy atom. The maximum atomic E-state index is 12.2. The van der Waals surface area contributed by atoms with Gasteiger partial charge in [-0.2, -0.15) is 0 Å². The Morgan fingerprint density at radius 3 is 2.47 bits per heavy atom. The predicted molar refractivity (Wildman–Crippen MR) is 142 cm³/mol. The summed E-state index contributed by atoms with van der Waals surface area (Å²) in [5.74, 6) is 2.93. The summed E-state index contributed by atoms with van der Waals surface area (Å²) in [6, 6.07) is 0. The Bertz CT molecular complexity index is 954. The van der Waals surface area contributed by atoms with Crippen LogP contribution in [0.5, 0.6) is 0 Å². The van der Waals surface area contributed by atoms with Gasteiger partial charge in [0.15, 0.2) is 0 Å². The number of rotatable bonds is 4. The van der Waals surface area contributed by atoms with E-state index in [1.165, 1.54) is 37.5 Å². The molecule has 0 amide bonds. The van der Waals surface area contributed by atoms with E-state index in [1.807, 2.05) is 0 Å². The molecular weight excluding hydrogens is 450 g/mol. The minimum Gasteiger partial charge on any atom is -0.462 e. The van der Waals surface area contributed by atoms with Crippen molar-refractivity contribution in [1.82, 2.24) is 0 Å². The highest BCUT2D eigenvalue weighted by molar-refractivity contribution is 5.87. The van der Waals surface area contributed by atoms with E-state index >= 15 is 0 Å². The topological polar surface area (TPSA) is 65.0 Å². The van der Waals surface area contributed by atoms with Gasteiger partial charge >= 0.3 is 11.9 Å². The van der Waals surface area contributed by atoms with Crippen LogP contribution >= 0.6 is 0 Å². The van der Waals surface area contributed by atoms with Gasteiger partial charge in [-0.15, -0.1) is 0 Å². The van der Waals surface area contributed by atoms with Crippen LogP contribution in [0.2, 0.25) is 0 Å². The lowest BCUT2D eigenvalue weighted by molar-refractivity contribution is -0.150. The van der Waals surface area contributed by atoms with Crippen molar-refractivity contribution in [2.24, 2.45) is 51.3 Å². The second-order valence-electron chi connectivity index (χ2n) is 13.5. The van der Waals surface area contributed by atoms with Gasteiger partial charge in [-0.1, -0.05) is 39.3 Å². The number of nitrogens with zero attached hydrogens (tertiary/aromatic N) is 1. The molecule has 36 heavy (non-hydrogen) atoms. The zero-order valence-corrected chi connectivity index (χ0v) is 23.3. The number of hydrogen-bond acceptors (Lipinski definition) is 5. The smallest absolute Gasteiger partial charge is 0.302 e. The maximum absolute atomic E-state index is 12.2. The molecule has 1 aliphatic heterocycles. The molecule has 1 heterocycles. The number of allylic oxidation sites excluding steroid dienone is 1. The first-order valence-electron chi connectivity index (χ1n) is 14.6. The summed E-state index contributed by atoms with van der Waals surface area (Å²) in [5.41, 5.74) is 3.25. The van der Waals surface area contributed by atoms with Crippen molar-refractivity contribution in [3.8, 4) is 0 Å². The summed E-state index contributed by atoms with van der Waals surface area (Å²) < 4.78 is 11.7. The van der Waals surface area contributed by atoms with Crippen LogP contribution in [0.15, 0.2) is 16.6 Å². The highest BCUT2D eigenvalue weighted by Gasteiger charge is 2.63. The van der Waals surface area contributed by atoms with Crippen LogP contribution in [-0.4, -0.2) is 36.4 Å². The van der Waals surface area contributed by atoms with Gasteiger partial charge in [0.1, 0.15) is 12.2 Å². The molecule has 5 rings (SSSR count). The molecule has 0 unspecified atom stereocenters. The molecule has 0 aromatic rings. The number of hydrogen-bond donors (Lipinski definition) is 0. The number of aliphatic imine (C=N–C) groups is 1. The lowest BCUT2D eigenvalue weighted by Gasteiger charge is -2.58. The third-order valence-electron chi connectivity index (χ3n) is 11.4. The van der Waals surface area contributed by atoms with Gasteiger partial charge in [0.05, 0.1) is 0 Å². The Morgan fingerprint density at radius 2 is 1.81 bits per heavy atom. The summed E-state index contributed by atoms with van der Waals surface area (Å²) >= 11 is 0. The van der Waals surface area contributed by atoms with Crippen molar-refractivity contribution in [3.63, 3.8) is 0 Å². The number of esters is 2. The molecule has 3 saturated carbocycles. The van der Waals surface area contributed by atoms with E-state index in [4.69, 9.17) is 14.5 Å². The Balaban J connectivity index is 1.43. The minimum atomic E-state index is -0.161. The van der Waals surface area contributed by atoms with E-state index < -0.39 is 0 Å². The van der Waals surface area contributed by atoms with Gasteiger partial charge < -0.3 is 9.47 Å². The molecule has 200 valence electrons. The van der Waals surface area contributed by atoms with Crippen molar-refractivity contribution >= 4 is 17.7 Å². The van der Waals surface area contributed by atoms with Crippen LogP contribution in [0.25, 0.3) is 0 Å². The number of fused-ring (bicyclic) bond motifs is 5. The molecule has 0 radical (unpaired) electrons. The van der Waals surface area contributed by atoms with Gasteiger partial charge in [0, 0.05) is 44.4 Å². The van der Waals surface area contributed by atoms with E-state index in [-0.39, 0.29) is 35.0 Å². The molecule has 10 atom stereocenters. The molecule has 0 saturated heterocycles. The average Bonchev–Trinajstić information content (AvgIpc) is 3.10. The maximum Gasteiger partial charge on any atom is 0.302 e. The van der Waals surface area contributed by atoms with Gasteiger partial charge in [-0.05, 0) is 85.9 Å². The molecule has 0 spiro atoms. The highest BCUT2D eigenvalue weighted by Crippen LogP contribution is 2.67. The van der Waals surface area contributed by atoms with Crippen LogP contribution in [0, 0.1) is 46.3 Å². The van der Waals surface area contributed by atoms with Crippen LogP contribution in [0.4, 0.5) is 0 Å². The predicted octanol–water partition coefficient (Wildman–Crippen LogP) is 6.55. The third-order valence-corrected chi connectivity index (χ3v) is 11.4. The molecule has 5 nitrogen and oxygen atoms in total. The van der Waals surface area contributed by atoms with Gasteiger partial charge in [-0.25, -0.2) is 0 Å². The fourth-order valence-electron chi connectivity index (χ4n) is 9.63. The molecule has 0 bridgehead atoms. The summed E-state index contributed by atoms with van der Waals surface area (Å²) in [6.07, 6.45) is 12.3. The molecule has 5 heteroatoms. The van der Waals surface area contributed by atoms with Gasteiger partial charge in [-0.3, -0.25) is 14.6 Å². The number of carbonyl (C=O) groups is 2. The van der Waals surface area contributed by atoms with Crippen molar-refractivity contribution in [3.05, 3.63) is 11.6 Å². The average molecular weight is 498 g/mol. The summed E-state index contributed by atoms with van der Waals surface area (Å²) in [6.45, 7) is 13.7. The molecule has 0 aromatic carbocycles. The molecule has 4 aliphatic carbocycles. The van der Waals surface area contributed by atoms with E-state index in [0.717, 1.165) is 45.1 Å². The third kappa shape index (κ3) is 4.36. The molecule has 0 aromatic heterocycles. The van der Waals surface area contributed by atoms with Crippen molar-refractivity contribution < 1.29 is 19.1 Å². The monoisotopic (exact) mass is 497 g/mol. The molecule has 0 N–H and O–H groups in total. The van der Waals surface area contributed by atoms with E-state index in [1.54, 1.807) is 6.92 Å². The number of ether oxygens (including phenoxy) is 2. The number of carbonyl (C=O) groups excluding carboxylic acids is 2. The fourth-order valence-corrected chi connectivity index (χ4v) is 9.63. The summed E-state index contributed by atoms with van der Waals surface area (Å²) in [7, 11) is 0. The van der Waals surface area contributed by atoms with E-state index in [9.17, 15) is 9.59 Å². The molecular formula is C31H47NO4. The Hall–Kier alpha value is -1.65. The zero-order valence-electron chi connectivity index (χ0n) is 23.3. The fraction of sp³-hybridized carbons (Fsp3) is 0.839. The molecule has 5 aliphatic rings. The quantitative estimate of drug-likeness (QED) is 0.326. The van der Waals surface area contributed by atoms with Crippen LogP contribution in [0.1, 0.15) is 99.3 Å². The largest absolute Gasteiger partial charge is 0.462 e. The van der Waals surface area contributed by atoms with Crippen LogP contribution < -0.4 is 0 Å².